The summed E-state index contributed by atoms with van der Waals surface area (Å²) in [6.45, 7) is 13.9. The van der Waals surface area contributed by atoms with Crippen LogP contribution in [0.4, 0.5) is 4.79 Å². The van der Waals surface area contributed by atoms with Crippen LogP contribution in [0.3, 0.4) is 0 Å². The van der Waals surface area contributed by atoms with E-state index in [0.29, 0.717) is 5.82 Å². The molecule has 1 aromatic carbocycles. The third-order valence-corrected chi connectivity index (χ3v) is 5.15. The molecule has 7 nitrogen and oxygen atoms in total. The van der Waals surface area contributed by atoms with Crippen molar-refractivity contribution in [1.29, 1.82) is 0 Å². The minimum atomic E-state index is -0.535. The number of amides is 1. The summed E-state index contributed by atoms with van der Waals surface area (Å²) in [5, 5.41) is 2.70. The average Bonchev–Trinajstić information content (AvgIpc) is 3.14. The number of imidazole rings is 1. The number of hydrogen-bond donors (Lipinski definition) is 2. The number of rotatable bonds is 4. The molecule has 0 radical (unpaired) electrons. The Hall–Kier alpha value is -2.32. The van der Waals surface area contributed by atoms with Gasteiger partial charge in [0, 0.05) is 0 Å². The molecular weight excluding hydrogens is 369 g/mol. The van der Waals surface area contributed by atoms with Crippen LogP contribution in [0.15, 0.2) is 30.5 Å². The molecule has 0 saturated carbocycles. The number of alkyl carbamates (subject to hydrolysis) is 1. The van der Waals surface area contributed by atoms with Crippen LogP contribution < -0.4 is 10.8 Å². The first-order valence-electron chi connectivity index (χ1n) is 9.83. The molecule has 29 heavy (non-hydrogen) atoms. The smallest absolute Gasteiger partial charge is 0.444 e. The predicted molar refractivity (Wildman–Crippen MR) is 113 cm³/mol. The molecular formula is C21H30BN3O4. The summed E-state index contributed by atoms with van der Waals surface area (Å²) in [5.41, 5.74) is 1.46. The molecule has 2 heterocycles. The van der Waals surface area contributed by atoms with E-state index in [1.807, 2.05) is 72.7 Å². The molecule has 0 bridgehead atoms. The molecule has 0 unspecified atom stereocenters. The monoisotopic (exact) mass is 399 g/mol. The molecule has 1 aliphatic rings. The van der Waals surface area contributed by atoms with Gasteiger partial charge in [0.25, 0.3) is 0 Å². The number of ether oxygens (including phenoxy) is 1. The van der Waals surface area contributed by atoms with Crippen molar-refractivity contribution in [3.8, 4) is 11.3 Å². The Morgan fingerprint density at radius 2 is 1.86 bits per heavy atom. The summed E-state index contributed by atoms with van der Waals surface area (Å²) in [5.74, 6) is 0.645. The van der Waals surface area contributed by atoms with Crippen LogP contribution in [-0.4, -0.2) is 40.0 Å². The van der Waals surface area contributed by atoms with Gasteiger partial charge in [-0.25, -0.2) is 9.78 Å². The van der Waals surface area contributed by atoms with Crippen molar-refractivity contribution < 1.29 is 18.8 Å². The molecule has 1 amide bonds. The van der Waals surface area contributed by atoms with Gasteiger partial charge in [-0.05, 0) is 59.5 Å². The van der Waals surface area contributed by atoms with Crippen LogP contribution in [0, 0.1) is 0 Å². The van der Waals surface area contributed by atoms with Crippen LogP contribution >= 0.6 is 0 Å². The van der Waals surface area contributed by atoms with Crippen molar-refractivity contribution in [2.24, 2.45) is 0 Å². The molecule has 0 aliphatic carbocycles. The van der Waals surface area contributed by atoms with E-state index in [1.54, 1.807) is 6.20 Å². The van der Waals surface area contributed by atoms with Gasteiger partial charge in [0.2, 0.25) is 0 Å². The van der Waals surface area contributed by atoms with Gasteiger partial charge in [0.1, 0.15) is 11.4 Å². The second-order valence-electron chi connectivity index (χ2n) is 9.31. The maximum absolute atomic E-state index is 11.8. The highest BCUT2D eigenvalue weighted by Gasteiger charge is 2.51. The summed E-state index contributed by atoms with van der Waals surface area (Å²) < 4.78 is 17.5. The highest BCUT2D eigenvalue weighted by molar-refractivity contribution is 6.62. The van der Waals surface area contributed by atoms with Crippen LogP contribution in [0.2, 0.25) is 0 Å². The lowest BCUT2D eigenvalue weighted by Gasteiger charge is -2.32. The zero-order valence-electron chi connectivity index (χ0n) is 18.3. The molecule has 0 spiro atoms. The third kappa shape index (κ3) is 5.00. The lowest BCUT2D eigenvalue weighted by Crippen LogP contribution is -2.41. The van der Waals surface area contributed by atoms with E-state index in [1.165, 1.54) is 0 Å². The summed E-state index contributed by atoms with van der Waals surface area (Å²) in [7, 11) is -0.420. The van der Waals surface area contributed by atoms with Crippen LogP contribution in [-0.2, 0) is 20.6 Å². The number of hydrogen-bond acceptors (Lipinski definition) is 5. The molecule has 2 aromatic rings. The summed E-state index contributed by atoms with van der Waals surface area (Å²) in [6, 6.07) is 7.98. The summed E-state index contributed by atoms with van der Waals surface area (Å²) in [4.78, 5) is 19.4. The van der Waals surface area contributed by atoms with Gasteiger partial charge in [0.15, 0.2) is 0 Å². The average molecular weight is 399 g/mol. The summed E-state index contributed by atoms with van der Waals surface area (Å²) >= 11 is 0. The van der Waals surface area contributed by atoms with Crippen molar-refractivity contribution in [1.82, 2.24) is 15.3 Å². The van der Waals surface area contributed by atoms with E-state index in [2.05, 4.69) is 15.3 Å². The number of aromatic nitrogens is 2. The molecule has 1 aliphatic heterocycles. The van der Waals surface area contributed by atoms with Crippen LogP contribution in [0.25, 0.3) is 11.3 Å². The van der Waals surface area contributed by atoms with Gasteiger partial charge >= 0.3 is 13.2 Å². The minimum Gasteiger partial charge on any atom is -0.444 e. The molecule has 1 fully saturated rings. The number of carbonyl (C=O) groups excluding carboxylic acids is 1. The van der Waals surface area contributed by atoms with Gasteiger partial charge in [-0.2, -0.15) is 0 Å². The maximum Gasteiger partial charge on any atom is 0.494 e. The van der Waals surface area contributed by atoms with E-state index >= 15 is 0 Å². The first-order valence-corrected chi connectivity index (χ1v) is 9.83. The molecule has 1 saturated heterocycles. The van der Waals surface area contributed by atoms with E-state index in [0.717, 1.165) is 16.7 Å². The number of benzene rings is 1. The van der Waals surface area contributed by atoms with E-state index in [9.17, 15) is 4.79 Å². The Balaban J connectivity index is 1.68. The minimum absolute atomic E-state index is 0.256. The first-order chi connectivity index (χ1) is 13.4. The Morgan fingerprint density at radius 3 is 2.48 bits per heavy atom. The number of nitrogens with one attached hydrogen (secondary N) is 2. The van der Waals surface area contributed by atoms with E-state index < -0.39 is 18.8 Å². The fraction of sp³-hybridized carbons (Fsp3) is 0.524. The number of nitrogens with zero attached hydrogens (tertiary/aromatic N) is 1. The fourth-order valence-corrected chi connectivity index (χ4v) is 2.90. The topological polar surface area (TPSA) is 85.5 Å². The normalized spacial score (nSPS) is 18.0. The highest BCUT2D eigenvalue weighted by Crippen LogP contribution is 2.36. The molecule has 8 heteroatoms. The standard InChI is InChI=1S/C21H30BN3O4/c1-19(2,3)27-18(26)24-13-17-23-12-16(25-17)14-9-8-10-15(11-14)22-28-20(4,5)21(6,7)29-22/h8-12H,13H2,1-7H3,(H,23,25)(H,24,26). The first kappa shape index (κ1) is 21.4. The second kappa shape index (κ2) is 7.50. The second-order valence-corrected chi connectivity index (χ2v) is 9.31. The van der Waals surface area contributed by atoms with Crippen LogP contribution in [0.5, 0.6) is 0 Å². The molecule has 156 valence electrons. The Kier molecular flexibility index (Phi) is 5.53. The maximum atomic E-state index is 11.8. The quantitative estimate of drug-likeness (QED) is 0.770. The Labute approximate surface area is 172 Å². The van der Waals surface area contributed by atoms with Crippen LogP contribution in [0.1, 0.15) is 54.3 Å². The zero-order chi connectivity index (χ0) is 21.4. The van der Waals surface area contributed by atoms with Gasteiger partial charge in [-0.3, -0.25) is 0 Å². The fourth-order valence-electron chi connectivity index (χ4n) is 2.90. The molecule has 2 N–H and O–H groups in total. The third-order valence-electron chi connectivity index (χ3n) is 5.15. The Bertz CT molecular complexity index is 870. The summed E-state index contributed by atoms with van der Waals surface area (Å²) in [6.07, 6.45) is 1.27. The molecule has 1 aromatic heterocycles. The van der Waals surface area contributed by atoms with Gasteiger partial charge in [-0.1, -0.05) is 24.3 Å². The van der Waals surface area contributed by atoms with Crippen molar-refractivity contribution in [2.75, 3.05) is 0 Å². The predicted octanol–water partition coefficient (Wildman–Crippen LogP) is 3.40. The van der Waals surface area contributed by atoms with Crippen molar-refractivity contribution in [3.63, 3.8) is 0 Å². The SMILES string of the molecule is CC(C)(C)OC(=O)NCc1ncc(-c2cccc(B3OC(C)(C)C(C)(C)O3)c2)[nH]1. The van der Waals surface area contributed by atoms with Crippen molar-refractivity contribution in [2.45, 2.75) is 71.8 Å². The van der Waals surface area contributed by atoms with E-state index in [-0.39, 0.29) is 17.7 Å². The lowest BCUT2D eigenvalue weighted by molar-refractivity contribution is 0.00578. The molecule has 3 rings (SSSR count). The molecule has 0 atom stereocenters. The van der Waals surface area contributed by atoms with Gasteiger partial charge in [0.05, 0.1) is 29.6 Å². The van der Waals surface area contributed by atoms with Gasteiger partial charge in [-0.15, -0.1) is 0 Å². The number of H-pyrrole nitrogens is 1. The van der Waals surface area contributed by atoms with Gasteiger partial charge < -0.3 is 24.3 Å². The number of carbonyl (C=O) groups is 1. The number of aromatic amines is 1. The zero-order valence-corrected chi connectivity index (χ0v) is 18.3. The highest BCUT2D eigenvalue weighted by atomic mass is 16.7. The lowest BCUT2D eigenvalue weighted by atomic mass is 9.78. The van der Waals surface area contributed by atoms with Crippen molar-refractivity contribution >= 4 is 18.7 Å². The van der Waals surface area contributed by atoms with E-state index in [4.69, 9.17) is 14.0 Å². The largest absolute Gasteiger partial charge is 0.494 e. The Morgan fingerprint density at radius 1 is 1.21 bits per heavy atom. The van der Waals surface area contributed by atoms with Crippen molar-refractivity contribution in [3.05, 3.63) is 36.3 Å².